The fraction of sp³-hybridized carbons (Fsp3) is 0.100. The highest BCUT2D eigenvalue weighted by molar-refractivity contribution is 6.95. The van der Waals surface area contributed by atoms with Crippen LogP contribution in [-0.4, -0.2) is 16.1 Å². The fourth-order valence-corrected chi connectivity index (χ4v) is 14.6. The van der Waals surface area contributed by atoms with Gasteiger partial charge < -0.3 is 9.80 Å². The molecule has 64 heavy (non-hydrogen) atoms. The van der Waals surface area contributed by atoms with E-state index in [2.05, 4.69) is 255 Å². The van der Waals surface area contributed by atoms with Gasteiger partial charge in [-0.1, -0.05) is 197 Å². The van der Waals surface area contributed by atoms with E-state index in [1.165, 1.54) is 109 Å². The molecule has 11 aromatic rings. The van der Waals surface area contributed by atoms with Crippen molar-refractivity contribution in [1.82, 2.24) is 0 Å². The highest BCUT2D eigenvalue weighted by Gasteiger charge is 2.31. The van der Waals surface area contributed by atoms with Crippen LogP contribution in [0.15, 0.2) is 206 Å². The number of nitrogens with zero attached hydrogens (tertiary/aromatic N) is 2. The molecule has 0 saturated heterocycles. The van der Waals surface area contributed by atoms with Crippen LogP contribution in [0, 0.1) is 0 Å². The average molecular weight is 857 g/mol. The fourth-order valence-electron chi connectivity index (χ4n) is 10.5. The lowest BCUT2D eigenvalue weighted by Gasteiger charge is -2.33. The molecule has 0 aliphatic rings. The summed E-state index contributed by atoms with van der Waals surface area (Å²) >= 11 is 0. The maximum absolute atomic E-state index is 2.55. The molecule has 0 aromatic heterocycles. The molecule has 11 rings (SSSR count). The average Bonchev–Trinajstić information content (AvgIpc) is 3.30. The van der Waals surface area contributed by atoms with E-state index in [1.807, 2.05) is 0 Å². The number of benzene rings is 11. The van der Waals surface area contributed by atoms with Crippen LogP contribution < -0.4 is 20.2 Å². The first-order valence-electron chi connectivity index (χ1n) is 22.6. The highest BCUT2D eigenvalue weighted by atomic mass is 28.3. The van der Waals surface area contributed by atoms with E-state index in [-0.39, 0.29) is 0 Å². The molecule has 0 aliphatic heterocycles. The molecule has 0 saturated carbocycles. The molecule has 0 fully saturated rings. The maximum Gasteiger partial charge on any atom is 0.0792 e. The zero-order chi connectivity index (χ0) is 43.7. The second-order valence-electron chi connectivity index (χ2n) is 19.4. The van der Waals surface area contributed by atoms with E-state index in [0.717, 1.165) is 0 Å². The predicted octanol–water partition coefficient (Wildman–Crippen LogP) is 16.6. The van der Waals surface area contributed by atoms with Gasteiger partial charge in [0.05, 0.1) is 38.9 Å². The van der Waals surface area contributed by atoms with Gasteiger partial charge >= 0.3 is 0 Å². The standard InChI is InChI=1S/C60H52N2Si2/c1-63(2,3)59-51-37-35-45(61(55-31-15-23-41-19-7-11-27-47(41)55)56-32-16-24-42-20-8-12-28-48(42)56)39-53(51)60(64(4,5)6)54-40-46(36-38-52(54)59)62(57-33-17-25-43-21-9-13-29-49(43)57)58-34-18-26-44-22-10-14-30-50(44)58/h7-40H,1-6H3. The van der Waals surface area contributed by atoms with Crippen LogP contribution in [0.3, 0.4) is 0 Å². The van der Waals surface area contributed by atoms with Crippen molar-refractivity contribution in [2.45, 2.75) is 39.3 Å². The Morgan fingerprint density at radius 2 is 0.516 bits per heavy atom. The Labute approximate surface area is 378 Å². The smallest absolute Gasteiger partial charge is 0.0792 e. The SMILES string of the molecule is C[Si](C)(C)c1c2ccc(N(c3cccc4ccccc34)c3cccc4ccccc34)cc2c([Si](C)(C)C)c2cc(N(c3cccc4ccccc34)c3cccc4ccccc34)ccc12. The summed E-state index contributed by atoms with van der Waals surface area (Å²) in [6, 6.07) is 77.0. The van der Waals surface area contributed by atoms with E-state index in [0.29, 0.717) is 0 Å². The minimum Gasteiger partial charge on any atom is -0.309 e. The van der Waals surface area contributed by atoms with Crippen LogP contribution >= 0.6 is 0 Å². The van der Waals surface area contributed by atoms with Crippen molar-refractivity contribution >= 4 is 125 Å². The van der Waals surface area contributed by atoms with E-state index in [9.17, 15) is 0 Å². The molecule has 2 nitrogen and oxygen atoms in total. The van der Waals surface area contributed by atoms with Gasteiger partial charge in [0.15, 0.2) is 0 Å². The molecule has 0 radical (unpaired) electrons. The molecule has 0 unspecified atom stereocenters. The molecular weight excluding hydrogens is 805 g/mol. The Kier molecular flexibility index (Phi) is 9.57. The van der Waals surface area contributed by atoms with E-state index in [4.69, 9.17) is 0 Å². The number of rotatable bonds is 8. The normalized spacial score (nSPS) is 12.2. The molecular formula is C60H52N2Si2. The summed E-state index contributed by atoms with van der Waals surface area (Å²) in [7, 11) is -4.02. The van der Waals surface area contributed by atoms with Gasteiger partial charge in [-0.3, -0.25) is 0 Å². The molecule has 0 amide bonds. The minimum absolute atomic E-state index is 1.17. The summed E-state index contributed by atoms with van der Waals surface area (Å²) in [4.78, 5) is 5.05. The van der Waals surface area contributed by atoms with Crippen LogP contribution in [0.5, 0.6) is 0 Å². The van der Waals surface area contributed by atoms with Crippen LogP contribution in [-0.2, 0) is 0 Å². The molecule has 4 heteroatoms. The van der Waals surface area contributed by atoms with Gasteiger partial charge in [-0.05, 0) is 102 Å². The van der Waals surface area contributed by atoms with Crippen molar-refractivity contribution in [3.8, 4) is 0 Å². The van der Waals surface area contributed by atoms with E-state index < -0.39 is 16.1 Å². The molecule has 0 N–H and O–H groups in total. The second-order valence-corrected chi connectivity index (χ2v) is 29.4. The lowest BCUT2D eigenvalue weighted by molar-refractivity contribution is 1.32. The van der Waals surface area contributed by atoms with Gasteiger partial charge in [0.2, 0.25) is 0 Å². The van der Waals surface area contributed by atoms with Crippen molar-refractivity contribution in [3.63, 3.8) is 0 Å². The lowest BCUT2D eigenvalue weighted by atomic mass is 9.99. The third kappa shape index (κ3) is 6.68. The van der Waals surface area contributed by atoms with Crippen LogP contribution in [0.2, 0.25) is 39.3 Å². The Balaban J connectivity index is 1.24. The maximum atomic E-state index is 2.55. The monoisotopic (exact) mass is 856 g/mol. The number of hydrogen-bond acceptors (Lipinski definition) is 2. The predicted molar refractivity (Wildman–Crippen MR) is 287 cm³/mol. The summed E-state index contributed by atoms with van der Waals surface area (Å²) in [5.74, 6) is 0. The van der Waals surface area contributed by atoms with Crippen molar-refractivity contribution in [3.05, 3.63) is 206 Å². The molecule has 0 spiro atoms. The van der Waals surface area contributed by atoms with E-state index >= 15 is 0 Å². The molecule has 0 aliphatic carbocycles. The largest absolute Gasteiger partial charge is 0.309 e. The minimum atomic E-state index is -2.07. The third-order valence-electron chi connectivity index (χ3n) is 13.1. The van der Waals surface area contributed by atoms with Crippen molar-refractivity contribution in [2.75, 3.05) is 9.80 Å². The Bertz CT molecular complexity index is 3210. The zero-order valence-electron chi connectivity index (χ0n) is 37.5. The van der Waals surface area contributed by atoms with Crippen molar-refractivity contribution in [1.29, 1.82) is 0 Å². The summed E-state index contributed by atoms with van der Waals surface area (Å²) in [6.45, 7) is 15.2. The Morgan fingerprint density at radius 1 is 0.250 bits per heavy atom. The Hall–Kier alpha value is -6.99. The van der Waals surface area contributed by atoms with Crippen LogP contribution in [0.4, 0.5) is 34.1 Å². The second kappa shape index (κ2) is 15.4. The van der Waals surface area contributed by atoms with Gasteiger partial charge in [-0.2, -0.15) is 0 Å². The first-order chi connectivity index (χ1) is 31.0. The van der Waals surface area contributed by atoms with Crippen LogP contribution in [0.25, 0.3) is 64.6 Å². The molecule has 0 atom stereocenters. The summed E-state index contributed by atoms with van der Waals surface area (Å²) < 4.78 is 0. The quantitative estimate of drug-likeness (QED) is 0.111. The lowest BCUT2D eigenvalue weighted by Crippen LogP contribution is -2.44. The third-order valence-corrected chi connectivity index (χ3v) is 17.2. The van der Waals surface area contributed by atoms with E-state index in [1.54, 1.807) is 0 Å². The van der Waals surface area contributed by atoms with Gasteiger partial charge in [0.1, 0.15) is 0 Å². The molecule has 11 aromatic carbocycles. The zero-order valence-corrected chi connectivity index (χ0v) is 39.5. The van der Waals surface area contributed by atoms with Crippen molar-refractivity contribution < 1.29 is 0 Å². The summed E-state index contributed by atoms with van der Waals surface area (Å²) in [5, 5.41) is 18.5. The Morgan fingerprint density at radius 3 is 0.812 bits per heavy atom. The van der Waals surface area contributed by atoms with Gasteiger partial charge in [-0.25, -0.2) is 0 Å². The highest BCUT2D eigenvalue weighted by Crippen LogP contribution is 2.45. The molecule has 0 bridgehead atoms. The molecule has 0 heterocycles. The van der Waals surface area contributed by atoms with Gasteiger partial charge in [-0.15, -0.1) is 0 Å². The first kappa shape index (κ1) is 39.8. The first-order valence-corrected chi connectivity index (χ1v) is 29.6. The summed E-state index contributed by atoms with van der Waals surface area (Å²) in [6.07, 6.45) is 0. The number of fused-ring (bicyclic) bond motifs is 6. The van der Waals surface area contributed by atoms with Gasteiger partial charge in [0, 0.05) is 32.9 Å². The number of anilines is 6. The summed E-state index contributed by atoms with van der Waals surface area (Å²) in [5.41, 5.74) is 7.06. The number of hydrogen-bond donors (Lipinski definition) is 0. The van der Waals surface area contributed by atoms with Crippen molar-refractivity contribution in [2.24, 2.45) is 0 Å². The topological polar surface area (TPSA) is 6.48 Å². The molecule has 310 valence electrons. The van der Waals surface area contributed by atoms with Crippen LogP contribution in [0.1, 0.15) is 0 Å². The van der Waals surface area contributed by atoms with Gasteiger partial charge in [0.25, 0.3) is 0 Å².